The molecule has 9 heteroatoms. The van der Waals surface area contributed by atoms with Crippen LogP contribution in [0.15, 0.2) is 74.6 Å². The van der Waals surface area contributed by atoms with Gasteiger partial charge in [-0.2, -0.15) is 4.31 Å². The molecule has 30 heavy (non-hydrogen) atoms. The van der Waals surface area contributed by atoms with Crippen LogP contribution in [-0.4, -0.2) is 54.0 Å². The van der Waals surface area contributed by atoms with Crippen molar-refractivity contribution in [2.45, 2.75) is 11.4 Å². The molecule has 8 nitrogen and oxygen atoms in total. The first-order chi connectivity index (χ1) is 14.6. The zero-order chi connectivity index (χ0) is 20.6. The molecule has 0 saturated carbocycles. The molecule has 2 aromatic carbocycles. The SMILES string of the molecule is O=S(=O)(c1ccc2ccccc2c1)N1CCN(Cc2nnc(-c3ccco3)o2)CC1. The molecule has 0 amide bonds. The highest BCUT2D eigenvalue weighted by molar-refractivity contribution is 7.89. The van der Waals surface area contributed by atoms with E-state index < -0.39 is 10.0 Å². The van der Waals surface area contributed by atoms with E-state index in [1.165, 1.54) is 4.31 Å². The fourth-order valence-corrected chi connectivity index (χ4v) is 5.07. The monoisotopic (exact) mass is 424 g/mol. The van der Waals surface area contributed by atoms with E-state index in [2.05, 4.69) is 15.1 Å². The van der Waals surface area contributed by atoms with Crippen molar-refractivity contribution in [2.24, 2.45) is 0 Å². The Kier molecular flexibility index (Phi) is 4.86. The molecule has 1 aliphatic rings. The van der Waals surface area contributed by atoms with Crippen LogP contribution in [0, 0.1) is 0 Å². The van der Waals surface area contributed by atoms with E-state index in [0.717, 1.165) is 10.8 Å². The number of benzene rings is 2. The molecule has 4 aromatic rings. The maximum atomic E-state index is 13.1. The van der Waals surface area contributed by atoms with Crippen molar-refractivity contribution in [1.29, 1.82) is 0 Å². The van der Waals surface area contributed by atoms with Crippen LogP contribution in [0.5, 0.6) is 0 Å². The Balaban J connectivity index is 1.24. The maximum absolute atomic E-state index is 13.1. The van der Waals surface area contributed by atoms with Crippen molar-refractivity contribution in [3.63, 3.8) is 0 Å². The highest BCUT2D eigenvalue weighted by Crippen LogP contribution is 2.23. The van der Waals surface area contributed by atoms with Gasteiger partial charge in [0, 0.05) is 26.2 Å². The van der Waals surface area contributed by atoms with E-state index in [1.54, 1.807) is 30.5 Å². The van der Waals surface area contributed by atoms with E-state index in [1.807, 2.05) is 30.3 Å². The zero-order valence-electron chi connectivity index (χ0n) is 16.1. The second kappa shape index (κ2) is 7.67. The van der Waals surface area contributed by atoms with Crippen LogP contribution in [0.1, 0.15) is 5.89 Å². The highest BCUT2D eigenvalue weighted by Gasteiger charge is 2.29. The second-order valence-electron chi connectivity index (χ2n) is 7.17. The van der Waals surface area contributed by atoms with E-state index in [0.29, 0.717) is 55.2 Å². The Hall–Kier alpha value is -3.01. The summed E-state index contributed by atoms with van der Waals surface area (Å²) in [4.78, 5) is 2.43. The minimum absolute atomic E-state index is 0.328. The van der Waals surface area contributed by atoms with Gasteiger partial charge in [-0.05, 0) is 35.0 Å². The van der Waals surface area contributed by atoms with E-state index >= 15 is 0 Å². The van der Waals surface area contributed by atoms with Crippen LogP contribution in [0.4, 0.5) is 0 Å². The van der Waals surface area contributed by atoms with Crippen LogP contribution in [-0.2, 0) is 16.6 Å². The first-order valence-electron chi connectivity index (χ1n) is 9.67. The summed E-state index contributed by atoms with van der Waals surface area (Å²) in [5.41, 5.74) is 0. The lowest BCUT2D eigenvalue weighted by Gasteiger charge is -2.33. The summed E-state index contributed by atoms with van der Waals surface area (Å²) in [7, 11) is -3.53. The molecule has 0 unspecified atom stereocenters. The van der Waals surface area contributed by atoms with Gasteiger partial charge in [0.15, 0.2) is 5.76 Å². The number of hydrogen-bond acceptors (Lipinski definition) is 7. The lowest BCUT2D eigenvalue weighted by atomic mass is 10.1. The quantitative estimate of drug-likeness (QED) is 0.486. The average Bonchev–Trinajstić information content (AvgIpc) is 3.46. The molecule has 0 N–H and O–H groups in total. The molecule has 1 fully saturated rings. The van der Waals surface area contributed by atoms with Crippen molar-refractivity contribution in [3.05, 3.63) is 66.8 Å². The van der Waals surface area contributed by atoms with Crippen molar-refractivity contribution in [2.75, 3.05) is 26.2 Å². The number of aromatic nitrogens is 2. The van der Waals surface area contributed by atoms with Crippen molar-refractivity contribution in [1.82, 2.24) is 19.4 Å². The topological polar surface area (TPSA) is 92.7 Å². The van der Waals surface area contributed by atoms with Gasteiger partial charge in [0.2, 0.25) is 15.9 Å². The predicted molar refractivity (Wildman–Crippen MR) is 110 cm³/mol. The third kappa shape index (κ3) is 3.62. The van der Waals surface area contributed by atoms with Gasteiger partial charge < -0.3 is 8.83 Å². The molecule has 0 atom stereocenters. The minimum Gasteiger partial charge on any atom is -0.459 e. The summed E-state index contributed by atoms with van der Waals surface area (Å²) in [5, 5.41) is 10.0. The molecule has 2 aromatic heterocycles. The Morgan fingerprint density at radius 3 is 2.47 bits per heavy atom. The van der Waals surface area contributed by atoms with E-state index in [9.17, 15) is 8.42 Å². The lowest BCUT2D eigenvalue weighted by Crippen LogP contribution is -2.48. The smallest absolute Gasteiger partial charge is 0.283 e. The van der Waals surface area contributed by atoms with Crippen LogP contribution < -0.4 is 0 Å². The predicted octanol–water partition coefficient (Wildman–Crippen LogP) is 2.99. The summed E-state index contributed by atoms with van der Waals surface area (Å²) >= 11 is 0. The second-order valence-corrected chi connectivity index (χ2v) is 9.11. The van der Waals surface area contributed by atoms with Crippen LogP contribution in [0.2, 0.25) is 0 Å². The molecular weight excluding hydrogens is 404 g/mol. The Bertz CT molecular complexity index is 1260. The molecule has 1 aliphatic heterocycles. The van der Waals surface area contributed by atoms with Gasteiger partial charge in [-0.1, -0.05) is 30.3 Å². The number of piperazine rings is 1. The van der Waals surface area contributed by atoms with Gasteiger partial charge in [0.05, 0.1) is 17.7 Å². The maximum Gasteiger partial charge on any atom is 0.283 e. The van der Waals surface area contributed by atoms with Crippen LogP contribution in [0.25, 0.3) is 22.4 Å². The zero-order valence-corrected chi connectivity index (χ0v) is 17.0. The molecule has 1 saturated heterocycles. The van der Waals surface area contributed by atoms with E-state index in [-0.39, 0.29) is 0 Å². The first-order valence-corrected chi connectivity index (χ1v) is 11.1. The fourth-order valence-electron chi connectivity index (χ4n) is 3.61. The third-order valence-electron chi connectivity index (χ3n) is 5.25. The number of fused-ring (bicyclic) bond motifs is 1. The first kappa shape index (κ1) is 19.0. The number of furan rings is 1. The van der Waals surface area contributed by atoms with Crippen LogP contribution >= 0.6 is 0 Å². The highest BCUT2D eigenvalue weighted by atomic mass is 32.2. The van der Waals surface area contributed by atoms with Crippen molar-refractivity contribution < 1.29 is 17.3 Å². The molecule has 0 radical (unpaired) electrons. The van der Waals surface area contributed by atoms with E-state index in [4.69, 9.17) is 8.83 Å². The third-order valence-corrected chi connectivity index (χ3v) is 7.14. The standard InChI is InChI=1S/C21H20N4O4S/c26-30(27,18-8-7-16-4-1-2-5-17(16)14-18)25-11-9-24(10-12-25)15-20-22-23-21(29-20)19-6-3-13-28-19/h1-8,13-14H,9-12,15H2. The molecular formula is C21H20N4O4S. The largest absolute Gasteiger partial charge is 0.459 e. The summed E-state index contributed by atoms with van der Waals surface area (Å²) in [5.74, 6) is 1.35. The summed E-state index contributed by atoms with van der Waals surface area (Å²) in [6.45, 7) is 2.47. The Labute approximate surface area is 173 Å². The molecule has 5 rings (SSSR count). The summed E-state index contributed by atoms with van der Waals surface area (Å²) in [6, 6.07) is 16.5. The van der Waals surface area contributed by atoms with Gasteiger partial charge in [-0.3, -0.25) is 4.90 Å². The molecule has 0 spiro atoms. The Morgan fingerprint density at radius 1 is 0.900 bits per heavy atom. The number of sulfonamides is 1. The number of hydrogen-bond donors (Lipinski definition) is 0. The van der Waals surface area contributed by atoms with Crippen molar-refractivity contribution in [3.8, 4) is 11.7 Å². The Morgan fingerprint density at radius 2 is 1.70 bits per heavy atom. The average molecular weight is 424 g/mol. The van der Waals surface area contributed by atoms with Gasteiger partial charge >= 0.3 is 0 Å². The fraction of sp³-hybridized carbons (Fsp3) is 0.238. The molecule has 154 valence electrons. The summed E-state index contributed by atoms with van der Waals surface area (Å²) in [6.07, 6.45) is 1.55. The van der Waals surface area contributed by atoms with Crippen LogP contribution in [0.3, 0.4) is 0 Å². The molecule has 0 bridgehead atoms. The lowest BCUT2D eigenvalue weighted by molar-refractivity contribution is 0.168. The number of rotatable bonds is 5. The minimum atomic E-state index is -3.53. The van der Waals surface area contributed by atoms with Crippen molar-refractivity contribution >= 4 is 20.8 Å². The normalized spacial score (nSPS) is 16.3. The van der Waals surface area contributed by atoms with Gasteiger partial charge in [-0.15, -0.1) is 10.2 Å². The van der Waals surface area contributed by atoms with Gasteiger partial charge in [-0.25, -0.2) is 8.42 Å². The molecule has 0 aliphatic carbocycles. The number of nitrogens with zero attached hydrogens (tertiary/aromatic N) is 4. The molecule has 3 heterocycles. The van der Waals surface area contributed by atoms with Gasteiger partial charge in [0.1, 0.15) is 0 Å². The summed E-state index contributed by atoms with van der Waals surface area (Å²) < 4.78 is 38.6. The van der Waals surface area contributed by atoms with Gasteiger partial charge in [0.25, 0.3) is 5.89 Å².